The van der Waals surface area contributed by atoms with Crippen LogP contribution in [0.4, 0.5) is 0 Å². The molecule has 1 aromatic rings. The first kappa shape index (κ1) is 21.0. The van der Waals surface area contributed by atoms with Gasteiger partial charge in [0.05, 0.1) is 17.2 Å². The van der Waals surface area contributed by atoms with Gasteiger partial charge in [0.25, 0.3) is 0 Å². The van der Waals surface area contributed by atoms with Crippen LogP contribution in [0.1, 0.15) is 37.4 Å². The molecule has 0 amide bonds. The van der Waals surface area contributed by atoms with Crippen LogP contribution in [-0.2, 0) is 13.0 Å². The number of thioether (sulfide) groups is 1. The number of aryl methyl sites for hydroxylation is 1. The van der Waals surface area contributed by atoms with E-state index >= 15 is 0 Å². The van der Waals surface area contributed by atoms with Crippen molar-refractivity contribution >= 4 is 53.0 Å². The summed E-state index contributed by atoms with van der Waals surface area (Å²) in [5.41, 5.74) is 1.06. The molecule has 0 atom stereocenters. The van der Waals surface area contributed by atoms with Gasteiger partial charge in [0.1, 0.15) is 0 Å². The average molecular weight is 442 g/mol. The van der Waals surface area contributed by atoms with Gasteiger partial charge >= 0.3 is 0 Å². The quantitative estimate of drug-likeness (QED) is 0.266. The van der Waals surface area contributed by atoms with Crippen molar-refractivity contribution in [1.29, 1.82) is 0 Å². The smallest absolute Gasteiger partial charge is 0.191 e. The van der Waals surface area contributed by atoms with Crippen LogP contribution in [0.25, 0.3) is 0 Å². The number of nitrogens with zero attached hydrogens (tertiary/aromatic N) is 2. The Labute approximate surface area is 154 Å². The summed E-state index contributed by atoms with van der Waals surface area (Å²) in [4.78, 5) is 9.12. The van der Waals surface area contributed by atoms with E-state index in [2.05, 4.69) is 46.1 Å². The molecular formula is C14H27IN4S2. The highest BCUT2D eigenvalue weighted by Gasteiger charge is 2.01. The highest BCUT2D eigenvalue weighted by atomic mass is 127. The van der Waals surface area contributed by atoms with Gasteiger partial charge in [0.15, 0.2) is 5.96 Å². The molecule has 0 aliphatic heterocycles. The minimum atomic E-state index is 0. The van der Waals surface area contributed by atoms with E-state index < -0.39 is 0 Å². The van der Waals surface area contributed by atoms with E-state index in [0.29, 0.717) is 6.54 Å². The largest absolute Gasteiger partial charge is 0.357 e. The molecule has 0 aliphatic carbocycles. The number of guanidine groups is 1. The maximum atomic E-state index is 4.58. The number of aliphatic imine (C=N–C) groups is 1. The molecule has 0 aliphatic rings. The van der Waals surface area contributed by atoms with E-state index in [1.807, 2.05) is 11.8 Å². The topological polar surface area (TPSA) is 49.3 Å². The average Bonchev–Trinajstić information content (AvgIpc) is 2.92. The van der Waals surface area contributed by atoms with Gasteiger partial charge < -0.3 is 10.6 Å². The number of nitrogens with one attached hydrogen (secondary N) is 2. The predicted molar refractivity (Wildman–Crippen MR) is 107 cm³/mol. The third kappa shape index (κ3) is 9.57. The number of hydrogen-bond donors (Lipinski definition) is 2. The van der Waals surface area contributed by atoms with E-state index in [1.165, 1.54) is 23.6 Å². The maximum absolute atomic E-state index is 4.58. The van der Waals surface area contributed by atoms with E-state index in [1.54, 1.807) is 11.3 Å². The summed E-state index contributed by atoms with van der Waals surface area (Å²) in [5, 5.41) is 9.94. The lowest BCUT2D eigenvalue weighted by Gasteiger charge is -2.10. The standard InChI is InChI=1S/C14H26N4S2.HI/c1-4-13-18-12(11-20-13)10-17-14(15-5-2)16-8-6-7-9-19-3;/h11H,4-10H2,1-3H3,(H2,15,16,17);1H. The summed E-state index contributed by atoms with van der Waals surface area (Å²) < 4.78 is 0. The van der Waals surface area contributed by atoms with Crippen LogP contribution in [0, 0.1) is 0 Å². The second-order valence-corrected chi connectivity index (χ2v) is 6.34. The SMILES string of the molecule is CCNC(=NCc1csc(CC)n1)NCCCCSC.I. The summed E-state index contributed by atoms with van der Waals surface area (Å²) in [5.74, 6) is 2.12. The lowest BCUT2D eigenvalue weighted by Crippen LogP contribution is -2.37. The van der Waals surface area contributed by atoms with Gasteiger partial charge in [-0.15, -0.1) is 35.3 Å². The molecule has 1 aromatic heterocycles. The summed E-state index contributed by atoms with van der Waals surface area (Å²) in [6, 6.07) is 0. The molecule has 7 heteroatoms. The van der Waals surface area contributed by atoms with Crippen LogP contribution >= 0.6 is 47.1 Å². The molecule has 0 fully saturated rings. The Morgan fingerprint density at radius 2 is 2.14 bits per heavy atom. The Kier molecular flexibility index (Phi) is 13.6. The number of aromatic nitrogens is 1. The zero-order chi connectivity index (χ0) is 14.6. The molecule has 21 heavy (non-hydrogen) atoms. The molecule has 0 aromatic carbocycles. The fourth-order valence-corrected chi connectivity index (χ4v) is 2.89. The van der Waals surface area contributed by atoms with Crippen LogP contribution < -0.4 is 10.6 Å². The van der Waals surface area contributed by atoms with Gasteiger partial charge in [0, 0.05) is 18.5 Å². The van der Waals surface area contributed by atoms with Crippen molar-refractivity contribution in [2.75, 3.05) is 25.1 Å². The monoisotopic (exact) mass is 442 g/mol. The van der Waals surface area contributed by atoms with E-state index in [-0.39, 0.29) is 24.0 Å². The van der Waals surface area contributed by atoms with Crippen molar-refractivity contribution < 1.29 is 0 Å². The summed E-state index contributed by atoms with van der Waals surface area (Å²) in [6.45, 7) is 6.73. The fraction of sp³-hybridized carbons (Fsp3) is 0.714. The highest BCUT2D eigenvalue weighted by molar-refractivity contribution is 14.0. The Morgan fingerprint density at radius 1 is 1.33 bits per heavy atom. The van der Waals surface area contributed by atoms with E-state index in [4.69, 9.17) is 0 Å². The molecule has 1 heterocycles. The van der Waals surface area contributed by atoms with Crippen LogP contribution in [0.2, 0.25) is 0 Å². The van der Waals surface area contributed by atoms with Gasteiger partial charge in [-0.25, -0.2) is 9.98 Å². The summed E-state index contributed by atoms with van der Waals surface area (Å²) >= 11 is 3.62. The molecule has 0 saturated heterocycles. The minimum absolute atomic E-state index is 0. The summed E-state index contributed by atoms with van der Waals surface area (Å²) in [6.07, 6.45) is 5.58. The molecule has 1 rings (SSSR count). The first-order valence-electron chi connectivity index (χ1n) is 7.24. The van der Waals surface area contributed by atoms with E-state index in [9.17, 15) is 0 Å². The Morgan fingerprint density at radius 3 is 2.76 bits per heavy atom. The minimum Gasteiger partial charge on any atom is -0.357 e. The number of rotatable bonds is 9. The van der Waals surface area contributed by atoms with Crippen LogP contribution in [0.15, 0.2) is 10.4 Å². The Bertz CT molecular complexity index is 396. The second kappa shape index (κ2) is 13.6. The third-order valence-electron chi connectivity index (χ3n) is 2.71. The van der Waals surface area contributed by atoms with Crippen LogP contribution in [-0.4, -0.2) is 36.0 Å². The number of thiazole rings is 1. The normalized spacial score (nSPS) is 11.1. The van der Waals surface area contributed by atoms with Gasteiger partial charge in [-0.05, 0) is 38.2 Å². The number of hydrogen-bond acceptors (Lipinski definition) is 4. The molecule has 122 valence electrons. The van der Waals surface area contributed by atoms with Gasteiger partial charge in [-0.3, -0.25) is 0 Å². The molecule has 2 N–H and O–H groups in total. The number of halogens is 1. The molecule has 0 bridgehead atoms. The van der Waals surface area contributed by atoms with Crippen LogP contribution in [0.3, 0.4) is 0 Å². The van der Waals surface area contributed by atoms with Crippen LogP contribution in [0.5, 0.6) is 0 Å². The lowest BCUT2D eigenvalue weighted by molar-refractivity contribution is 0.733. The zero-order valence-corrected chi connectivity index (χ0v) is 17.1. The predicted octanol–water partition coefficient (Wildman–Crippen LogP) is 3.52. The van der Waals surface area contributed by atoms with Crippen molar-refractivity contribution in [2.24, 2.45) is 4.99 Å². The first-order chi connectivity index (χ1) is 9.80. The van der Waals surface area contributed by atoms with Crippen molar-refractivity contribution in [2.45, 2.75) is 39.7 Å². The van der Waals surface area contributed by atoms with E-state index in [0.717, 1.165) is 31.2 Å². The first-order valence-corrected chi connectivity index (χ1v) is 9.51. The molecular weight excluding hydrogens is 415 g/mol. The third-order valence-corrected chi connectivity index (χ3v) is 4.45. The van der Waals surface area contributed by atoms with Gasteiger partial charge in [-0.1, -0.05) is 6.92 Å². The molecule has 0 spiro atoms. The molecule has 4 nitrogen and oxygen atoms in total. The van der Waals surface area contributed by atoms with Crippen molar-refractivity contribution in [3.8, 4) is 0 Å². The Hall–Kier alpha value is -0.0200. The number of unbranched alkanes of at least 4 members (excludes halogenated alkanes) is 1. The molecule has 0 radical (unpaired) electrons. The second-order valence-electron chi connectivity index (χ2n) is 4.41. The lowest BCUT2D eigenvalue weighted by atomic mass is 10.3. The van der Waals surface area contributed by atoms with Gasteiger partial charge in [-0.2, -0.15) is 11.8 Å². The van der Waals surface area contributed by atoms with Crippen molar-refractivity contribution in [3.63, 3.8) is 0 Å². The molecule has 0 unspecified atom stereocenters. The zero-order valence-electron chi connectivity index (χ0n) is 13.1. The maximum Gasteiger partial charge on any atom is 0.191 e. The van der Waals surface area contributed by atoms with Crippen molar-refractivity contribution in [1.82, 2.24) is 15.6 Å². The van der Waals surface area contributed by atoms with Gasteiger partial charge in [0.2, 0.25) is 0 Å². The highest BCUT2D eigenvalue weighted by Crippen LogP contribution is 2.10. The fourth-order valence-electron chi connectivity index (χ4n) is 1.66. The summed E-state index contributed by atoms with van der Waals surface area (Å²) in [7, 11) is 0. The Balaban J connectivity index is 0.00000400. The van der Waals surface area contributed by atoms with Crippen molar-refractivity contribution in [3.05, 3.63) is 16.1 Å². The molecule has 0 saturated carbocycles.